The second-order valence-electron chi connectivity index (χ2n) is 6.65. The fourth-order valence-corrected chi connectivity index (χ4v) is 3.96. The lowest BCUT2D eigenvalue weighted by Crippen LogP contribution is -2.64. The standard InChI is InChI=1S/C15H26N4OS/c16-13(20)15(19-8-2-1-3-9-19)6-10-18(11-7-15)14(21)17-12-4-5-12/h12H,1-11H2,(H2,16,20)(H,17,21). The van der Waals surface area contributed by atoms with Crippen LogP contribution in [0.25, 0.3) is 0 Å². The van der Waals surface area contributed by atoms with E-state index in [1.165, 1.54) is 32.1 Å². The van der Waals surface area contributed by atoms with Crippen molar-refractivity contribution in [2.75, 3.05) is 26.2 Å². The number of hydrogen-bond acceptors (Lipinski definition) is 3. The lowest BCUT2D eigenvalue weighted by Gasteiger charge is -2.48. The van der Waals surface area contributed by atoms with Gasteiger partial charge in [-0.05, 0) is 63.8 Å². The number of rotatable bonds is 3. The number of nitrogens with zero attached hydrogens (tertiary/aromatic N) is 2. The normalized spacial score (nSPS) is 26.4. The SMILES string of the molecule is NC(=O)C1(N2CCCCC2)CCN(C(=S)NC2CC2)CC1. The highest BCUT2D eigenvalue weighted by atomic mass is 32.1. The lowest BCUT2D eigenvalue weighted by molar-refractivity contribution is -0.134. The van der Waals surface area contributed by atoms with Gasteiger partial charge in [-0.15, -0.1) is 0 Å². The maximum absolute atomic E-state index is 12.2. The predicted octanol–water partition coefficient (Wildman–Crippen LogP) is 0.829. The highest BCUT2D eigenvalue weighted by Gasteiger charge is 2.45. The molecule has 0 spiro atoms. The summed E-state index contributed by atoms with van der Waals surface area (Å²) < 4.78 is 0. The smallest absolute Gasteiger partial charge is 0.238 e. The molecule has 1 amide bonds. The molecule has 118 valence electrons. The molecule has 3 N–H and O–H groups in total. The van der Waals surface area contributed by atoms with E-state index >= 15 is 0 Å². The maximum Gasteiger partial charge on any atom is 0.238 e. The number of carbonyl (C=O) groups excluding carboxylic acids is 1. The van der Waals surface area contributed by atoms with Crippen LogP contribution in [0.5, 0.6) is 0 Å². The van der Waals surface area contributed by atoms with Gasteiger partial charge in [-0.1, -0.05) is 6.42 Å². The minimum Gasteiger partial charge on any atom is -0.368 e. The van der Waals surface area contributed by atoms with Gasteiger partial charge in [0.05, 0.1) is 0 Å². The first-order valence-corrected chi connectivity index (χ1v) is 8.63. The number of primary amides is 1. The van der Waals surface area contributed by atoms with Crippen molar-refractivity contribution >= 4 is 23.2 Å². The van der Waals surface area contributed by atoms with Gasteiger partial charge < -0.3 is 16.0 Å². The van der Waals surface area contributed by atoms with Crippen molar-refractivity contribution in [2.24, 2.45) is 5.73 Å². The van der Waals surface area contributed by atoms with Gasteiger partial charge in [0.1, 0.15) is 5.54 Å². The van der Waals surface area contributed by atoms with Crippen LogP contribution in [0.2, 0.25) is 0 Å². The first-order valence-electron chi connectivity index (χ1n) is 8.22. The van der Waals surface area contributed by atoms with Crippen molar-refractivity contribution in [2.45, 2.75) is 56.5 Å². The van der Waals surface area contributed by atoms with Crippen molar-refractivity contribution in [1.82, 2.24) is 15.1 Å². The van der Waals surface area contributed by atoms with E-state index in [4.69, 9.17) is 18.0 Å². The molecule has 3 rings (SSSR count). The molecule has 0 atom stereocenters. The molecular weight excluding hydrogens is 284 g/mol. The maximum atomic E-state index is 12.2. The summed E-state index contributed by atoms with van der Waals surface area (Å²) in [7, 11) is 0. The Bertz CT molecular complexity index is 410. The fraction of sp³-hybridized carbons (Fsp3) is 0.867. The molecule has 0 aromatic rings. The Morgan fingerprint density at radius 1 is 1.10 bits per heavy atom. The molecule has 0 unspecified atom stereocenters. The van der Waals surface area contributed by atoms with E-state index in [2.05, 4.69) is 15.1 Å². The van der Waals surface area contributed by atoms with Crippen LogP contribution < -0.4 is 11.1 Å². The number of amides is 1. The first-order chi connectivity index (χ1) is 10.1. The fourth-order valence-electron chi connectivity index (χ4n) is 3.61. The van der Waals surface area contributed by atoms with Crippen molar-refractivity contribution in [3.63, 3.8) is 0 Å². The highest BCUT2D eigenvalue weighted by molar-refractivity contribution is 7.80. The van der Waals surface area contributed by atoms with Crippen molar-refractivity contribution in [3.05, 3.63) is 0 Å². The van der Waals surface area contributed by atoms with E-state index in [1.54, 1.807) is 0 Å². The lowest BCUT2D eigenvalue weighted by atomic mass is 9.83. The summed E-state index contributed by atoms with van der Waals surface area (Å²) in [5.74, 6) is -0.148. The number of likely N-dealkylation sites (tertiary alicyclic amines) is 2. The number of hydrogen-bond donors (Lipinski definition) is 2. The molecule has 6 heteroatoms. The molecule has 0 aromatic carbocycles. The van der Waals surface area contributed by atoms with Gasteiger partial charge in [0.2, 0.25) is 5.91 Å². The third kappa shape index (κ3) is 3.16. The summed E-state index contributed by atoms with van der Waals surface area (Å²) in [6.45, 7) is 3.68. The van der Waals surface area contributed by atoms with Gasteiger partial charge in [0.25, 0.3) is 0 Å². The van der Waals surface area contributed by atoms with Crippen molar-refractivity contribution in [3.8, 4) is 0 Å². The molecule has 21 heavy (non-hydrogen) atoms. The van der Waals surface area contributed by atoms with E-state index in [0.717, 1.165) is 44.1 Å². The highest BCUT2D eigenvalue weighted by Crippen LogP contribution is 2.31. The molecule has 0 aromatic heterocycles. The molecule has 3 aliphatic rings. The molecule has 5 nitrogen and oxygen atoms in total. The average Bonchev–Trinajstić information content (AvgIpc) is 3.32. The summed E-state index contributed by atoms with van der Waals surface area (Å²) in [5.41, 5.74) is 5.36. The summed E-state index contributed by atoms with van der Waals surface area (Å²) >= 11 is 5.47. The molecule has 0 radical (unpaired) electrons. The average molecular weight is 310 g/mol. The molecule has 2 aliphatic heterocycles. The summed E-state index contributed by atoms with van der Waals surface area (Å²) in [5, 5.41) is 4.24. The number of carbonyl (C=O) groups is 1. The minimum atomic E-state index is -0.438. The Morgan fingerprint density at radius 3 is 2.24 bits per heavy atom. The predicted molar refractivity (Wildman–Crippen MR) is 86.9 cm³/mol. The van der Waals surface area contributed by atoms with E-state index in [-0.39, 0.29) is 5.91 Å². The molecule has 3 fully saturated rings. The van der Waals surface area contributed by atoms with Crippen LogP contribution >= 0.6 is 12.2 Å². The van der Waals surface area contributed by atoms with Gasteiger partial charge in [0.15, 0.2) is 5.11 Å². The van der Waals surface area contributed by atoms with Crippen LogP contribution in [0.15, 0.2) is 0 Å². The van der Waals surface area contributed by atoms with Gasteiger partial charge >= 0.3 is 0 Å². The van der Waals surface area contributed by atoms with Crippen molar-refractivity contribution in [1.29, 1.82) is 0 Å². The summed E-state index contributed by atoms with van der Waals surface area (Å²) in [6, 6.07) is 0.586. The minimum absolute atomic E-state index is 0.148. The van der Waals surface area contributed by atoms with Gasteiger partial charge in [-0.2, -0.15) is 0 Å². The van der Waals surface area contributed by atoms with Gasteiger partial charge in [-0.3, -0.25) is 9.69 Å². The number of nitrogens with two attached hydrogens (primary N) is 1. The Labute approximate surface area is 132 Å². The zero-order chi connectivity index (χ0) is 14.9. The van der Waals surface area contributed by atoms with E-state index < -0.39 is 5.54 Å². The van der Waals surface area contributed by atoms with Crippen LogP contribution in [0, 0.1) is 0 Å². The second-order valence-corrected chi connectivity index (χ2v) is 7.04. The third-order valence-electron chi connectivity index (χ3n) is 5.20. The molecule has 1 saturated carbocycles. The monoisotopic (exact) mass is 310 g/mol. The third-order valence-corrected chi connectivity index (χ3v) is 5.58. The molecule has 2 heterocycles. The van der Waals surface area contributed by atoms with E-state index in [9.17, 15) is 4.79 Å². The van der Waals surface area contributed by atoms with Crippen LogP contribution in [0.4, 0.5) is 0 Å². The number of thiocarbonyl (C=S) groups is 1. The molecule has 1 aliphatic carbocycles. The first kappa shape index (κ1) is 15.0. The Balaban J connectivity index is 1.62. The Kier molecular flexibility index (Phi) is 4.36. The molecular formula is C15H26N4OS. The molecule has 0 bridgehead atoms. The largest absolute Gasteiger partial charge is 0.368 e. The van der Waals surface area contributed by atoms with Crippen molar-refractivity contribution < 1.29 is 4.79 Å². The zero-order valence-electron chi connectivity index (χ0n) is 12.6. The van der Waals surface area contributed by atoms with E-state index in [0.29, 0.717) is 6.04 Å². The summed E-state index contributed by atoms with van der Waals surface area (Å²) in [6.07, 6.45) is 7.69. The molecule has 2 saturated heterocycles. The van der Waals surface area contributed by atoms with Crippen LogP contribution in [-0.4, -0.2) is 58.6 Å². The van der Waals surface area contributed by atoms with Gasteiger partial charge in [0, 0.05) is 19.1 Å². The quantitative estimate of drug-likeness (QED) is 0.756. The Hall–Kier alpha value is -0.880. The van der Waals surface area contributed by atoms with Crippen LogP contribution in [-0.2, 0) is 4.79 Å². The second kappa shape index (κ2) is 6.08. The number of piperidine rings is 2. The zero-order valence-corrected chi connectivity index (χ0v) is 13.5. The topological polar surface area (TPSA) is 61.6 Å². The Morgan fingerprint density at radius 2 is 1.71 bits per heavy atom. The van der Waals surface area contributed by atoms with Crippen LogP contribution in [0.1, 0.15) is 44.9 Å². The van der Waals surface area contributed by atoms with Crippen LogP contribution in [0.3, 0.4) is 0 Å². The van der Waals surface area contributed by atoms with E-state index in [1.807, 2.05) is 0 Å². The summed E-state index contributed by atoms with van der Waals surface area (Å²) in [4.78, 5) is 16.7. The number of nitrogens with one attached hydrogen (secondary N) is 1. The van der Waals surface area contributed by atoms with Gasteiger partial charge in [-0.25, -0.2) is 0 Å².